The van der Waals surface area contributed by atoms with Gasteiger partial charge in [-0.15, -0.1) is 0 Å². The van der Waals surface area contributed by atoms with Crippen LogP contribution in [0.2, 0.25) is 0 Å². The Hall–Kier alpha value is -0.160. The summed E-state index contributed by atoms with van der Waals surface area (Å²) in [6, 6.07) is 0. The van der Waals surface area contributed by atoms with Crippen LogP contribution in [-0.4, -0.2) is 55.0 Å². The zero-order valence-electron chi connectivity index (χ0n) is 11.3. The van der Waals surface area contributed by atoms with E-state index < -0.39 is 0 Å². The van der Waals surface area contributed by atoms with Gasteiger partial charge in [-0.1, -0.05) is 6.92 Å². The van der Waals surface area contributed by atoms with Gasteiger partial charge in [0.1, 0.15) is 0 Å². The fraction of sp³-hybridized carbons (Fsp3) is 1.00. The number of likely N-dealkylation sites (N-methyl/N-ethyl adjacent to an activating group) is 1. The van der Waals surface area contributed by atoms with E-state index in [1.807, 2.05) is 6.92 Å². The minimum Gasteiger partial charge on any atom is -0.394 e. The second kappa shape index (κ2) is 7.31. The van der Waals surface area contributed by atoms with Crippen molar-refractivity contribution in [2.75, 3.05) is 33.4 Å². The molecule has 2 unspecified atom stereocenters. The van der Waals surface area contributed by atoms with Crippen molar-refractivity contribution in [2.45, 2.75) is 50.7 Å². The molecule has 17 heavy (non-hydrogen) atoms. The van der Waals surface area contributed by atoms with Crippen LogP contribution in [0.15, 0.2) is 0 Å². The molecule has 0 radical (unpaired) electrons. The van der Waals surface area contributed by atoms with Crippen molar-refractivity contribution in [2.24, 2.45) is 5.73 Å². The van der Waals surface area contributed by atoms with E-state index >= 15 is 0 Å². The lowest BCUT2D eigenvalue weighted by Gasteiger charge is -2.27. The van der Waals surface area contributed by atoms with Crippen molar-refractivity contribution in [3.05, 3.63) is 0 Å². The van der Waals surface area contributed by atoms with E-state index in [2.05, 4.69) is 11.9 Å². The van der Waals surface area contributed by atoms with Crippen LogP contribution in [0.1, 0.15) is 39.0 Å². The third-order valence-electron chi connectivity index (χ3n) is 3.77. The standard InChI is InChI=1S/C13H28N2O2/c1-3-13(14,11-16)7-5-8-15(2)10-12-6-4-9-17-12/h12,16H,3-11,14H2,1-2H3. The highest BCUT2D eigenvalue weighted by atomic mass is 16.5. The minimum absolute atomic E-state index is 0.0823. The van der Waals surface area contributed by atoms with Gasteiger partial charge < -0.3 is 20.5 Å². The normalized spacial score (nSPS) is 24.2. The quantitative estimate of drug-likeness (QED) is 0.668. The molecule has 0 amide bonds. The van der Waals surface area contributed by atoms with Gasteiger partial charge in [0.05, 0.1) is 12.7 Å². The van der Waals surface area contributed by atoms with Crippen molar-refractivity contribution in [3.63, 3.8) is 0 Å². The van der Waals surface area contributed by atoms with Crippen LogP contribution < -0.4 is 5.73 Å². The van der Waals surface area contributed by atoms with Crippen LogP contribution in [0.3, 0.4) is 0 Å². The molecule has 1 aliphatic heterocycles. The van der Waals surface area contributed by atoms with Crippen molar-refractivity contribution in [1.82, 2.24) is 4.90 Å². The Bertz CT molecular complexity index is 202. The maximum Gasteiger partial charge on any atom is 0.0702 e. The number of nitrogens with two attached hydrogens (primary N) is 1. The molecule has 3 N–H and O–H groups in total. The smallest absolute Gasteiger partial charge is 0.0702 e. The lowest BCUT2D eigenvalue weighted by Crippen LogP contribution is -2.43. The summed E-state index contributed by atoms with van der Waals surface area (Å²) in [6.45, 7) is 5.08. The average Bonchev–Trinajstić information content (AvgIpc) is 2.81. The number of aliphatic hydroxyl groups is 1. The number of nitrogens with zero attached hydrogens (tertiary/aromatic N) is 1. The fourth-order valence-corrected chi connectivity index (χ4v) is 2.30. The van der Waals surface area contributed by atoms with Crippen LogP contribution in [0.5, 0.6) is 0 Å². The molecule has 4 heteroatoms. The molecule has 2 atom stereocenters. The Labute approximate surface area is 105 Å². The second-order valence-corrected chi connectivity index (χ2v) is 5.37. The van der Waals surface area contributed by atoms with Gasteiger partial charge in [0.25, 0.3) is 0 Å². The molecule has 0 aliphatic carbocycles. The second-order valence-electron chi connectivity index (χ2n) is 5.37. The van der Waals surface area contributed by atoms with Gasteiger partial charge >= 0.3 is 0 Å². The molecule has 1 aliphatic rings. The van der Waals surface area contributed by atoms with Crippen molar-refractivity contribution in [3.8, 4) is 0 Å². The molecule has 0 aromatic heterocycles. The molecule has 4 nitrogen and oxygen atoms in total. The molecule has 0 bridgehead atoms. The van der Waals surface area contributed by atoms with Crippen molar-refractivity contribution in [1.29, 1.82) is 0 Å². The Balaban J connectivity index is 2.12. The number of ether oxygens (including phenoxy) is 1. The van der Waals surface area contributed by atoms with Crippen LogP contribution >= 0.6 is 0 Å². The summed E-state index contributed by atoms with van der Waals surface area (Å²) in [5.74, 6) is 0. The highest BCUT2D eigenvalue weighted by Crippen LogP contribution is 2.15. The van der Waals surface area contributed by atoms with Gasteiger partial charge in [-0.3, -0.25) is 0 Å². The Kier molecular flexibility index (Phi) is 6.41. The zero-order valence-corrected chi connectivity index (χ0v) is 11.3. The first-order valence-electron chi connectivity index (χ1n) is 6.79. The van der Waals surface area contributed by atoms with E-state index in [0.29, 0.717) is 6.10 Å². The molecular weight excluding hydrogens is 216 g/mol. The highest BCUT2D eigenvalue weighted by Gasteiger charge is 2.22. The van der Waals surface area contributed by atoms with Gasteiger partial charge in [-0.05, 0) is 45.7 Å². The predicted octanol–water partition coefficient (Wildman–Crippen LogP) is 0.977. The molecule has 0 aromatic rings. The molecule has 102 valence electrons. The van der Waals surface area contributed by atoms with Gasteiger partial charge in [-0.2, -0.15) is 0 Å². The summed E-state index contributed by atoms with van der Waals surface area (Å²) in [7, 11) is 2.13. The van der Waals surface area contributed by atoms with Gasteiger partial charge in [-0.25, -0.2) is 0 Å². The van der Waals surface area contributed by atoms with Crippen molar-refractivity contribution < 1.29 is 9.84 Å². The first-order chi connectivity index (χ1) is 8.09. The summed E-state index contributed by atoms with van der Waals surface area (Å²) in [5, 5.41) is 9.22. The lowest BCUT2D eigenvalue weighted by atomic mass is 9.92. The van der Waals surface area contributed by atoms with Gasteiger partial charge in [0.15, 0.2) is 0 Å². The molecule has 1 fully saturated rings. The fourth-order valence-electron chi connectivity index (χ4n) is 2.30. The summed E-state index contributed by atoms with van der Waals surface area (Å²) >= 11 is 0. The molecule has 1 saturated heterocycles. The third kappa shape index (κ3) is 5.34. The van der Waals surface area contributed by atoms with E-state index in [1.54, 1.807) is 0 Å². The van der Waals surface area contributed by atoms with Gasteiger partial charge in [0, 0.05) is 18.7 Å². The molecular formula is C13H28N2O2. The summed E-state index contributed by atoms with van der Waals surface area (Å²) in [5.41, 5.74) is 5.67. The zero-order chi connectivity index (χ0) is 12.7. The average molecular weight is 244 g/mol. The van der Waals surface area contributed by atoms with E-state index in [1.165, 1.54) is 12.8 Å². The Morgan fingerprint density at radius 3 is 2.82 bits per heavy atom. The number of hydrogen-bond donors (Lipinski definition) is 2. The van der Waals surface area contributed by atoms with Crippen LogP contribution in [-0.2, 0) is 4.74 Å². The first-order valence-corrected chi connectivity index (χ1v) is 6.79. The van der Waals surface area contributed by atoms with Crippen LogP contribution in [0.4, 0.5) is 0 Å². The minimum atomic E-state index is -0.384. The number of rotatable bonds is 8. The largest absolute Gasteiger partial charge is 0.394 e. The molecule has 0 spiro atoms. The predicted molar refractivity (Wildman–Crippen MR) is 70.0 cm³/mol. The lowest BCUT2D eigenvalue weighted by molar-refractivity contribution is 0.0795. The SMILES string of the molecule is CCC(N)(CO)CCCN(C)CC1CCCO1. The Morgan fingerprint density at radius 1 is 1.53 bits per heavy atom. The number of aliphatic hydroxyl groups excluding tert-OH is 1. The van der Waals surface area contributed by atoms with Crippen molar-refractivity contribution >= 4 is 0 Å². The summed E-state index contributed by atoms with van der Waals surface area (Å²) in [6.07, 6.45) is 5.57. The molecule has 0 aromatic carbocycles. The van der Waals surface area contributed by atoms with E-state index in [9.17, 15) is 5.11 Å². The van der Waals surface area contributed by atoms with E-state index in [-0.39, 0.29) is 12.1 Å². The summed E-state index contributed by atoms with van der Waals surface area (Å²) < 4.78 is 5.61. The Morgan fingerprint density at radius 2 is 2.29 bits per heavy atom. The molecule has 1 heterocycles. The van der Waals surface area contributed by atoms with Gasteiger partial charge in [0.2, 0.25) is 0 Å². The molecule has 0 saturated carbocycles. The first kappa shape index (κ1) is 14.9. The maximum absolute atomic E-state index is 9.22. The van der Waals surface area contributed by atoms with Crippen LogP contribution in [0, 0.1) is 0 Å². The topological polar surface area (TPSA) is 58.7 Å². The summed E-state index contributed by atoms with van der Waals surface area (Å²) in [4.78, 5) is 2.31. The highest BCUT2D eigenvalue weighted by molar-refractivity contribution is 4.81. The third-order valence-corrected chi connectivity index (χ3v) is 3.77. The maximum atomic E-state index is 9.22. The number of hydrogen-bond acceptors (Lipinski definition) is 4. The van der Waals surface area contributed by atoms with Crippen LogP contribution in [0.25, 0.3) is 0 Å². The van der Waals surface area contributed by atoms with E-state index in [0.717, 1.165) is 39.0 Å². The monoisotopic (exact) mass is 244 g/mol. The van der Waals surface area contributed by atoms with E-state index in [4.69, 9.17) is 10.5 Å². The molecule has 1 rings (SSSR count).